The molecule has 2 aromatic rings. The molecule has 1 amide bonds. The normalized spacial score (nSPS) is 11.7. The van der Waals surface area contributed by atoms with Crippen molar-refractivity contribution >= 4 is 11.6 Å². The van der Waals surface area contributed by atoms with E-state index in [1.165, 1.54) is 5.56 Å². The molecule has 0 radical (unpaired) electrons. The molecule has 1 unspecified atom stereocenters. The van der Waals surface area contributed by atoms with Crippen LogP contribution in [0.2, 0.25) is 0 Å². The lowest BCUT2D eigenvalue weighted by atomic mass is 10.1. The molecule has 0 saturated carbocycles. The van der Waals surface area contributed by atoms with Gasteiger partial charge in [-0.3, -0.25) is 4.79 Å². The number of rotatable bonds is 5. The van der Waals surface area contributed by atoms with Gasteiger partial charge in [0.25, 0.3) is 5.91 Å². The number of benzene rings is 2. The Balaban J connectivity index is 1.97. The second kappa shape index (κ2) is 6.75. The molecule has 0 saturated heterocycles. The summed E-state index contributed by atoms with van der Waals surface area (Å²) in [6.45, 7) is 3.83. The van der Waals surface area contributed by atoms with E-state index >= 15 is 0 Å². The SMILES string of the molecule is CCc1cccc(NC(=O)C(C)Oc2ccccc2)c1. The van der Waals surface area contributed by atoms with E-state index in [4.69, 9.17) is 4.74 Å². The maximum absolute atomic E-state index is 12.1. The lowest BCUT2D eigenvalue weighted by molar-refractivity contribution is -0.122. The van der Waals surface area contributed by atoms with E-state index < -0.39 is 6.10 Å². The second-order valence-electron chi connectivity index (χ2n) is 4.62. The summed E-state index contributed by atoms with van der Waals surface area (Å²) in [5.74, 6) is 0.541. The van der Waals surface area contributed by atoms with Crippen LogP contribution in [0.3, 0.4) is 0 Å². The molecule has 0 fully saturated rings. The fraction of sp³-hybridized carbons (Fsp3) is 0.235. The number of aryl methyl sites for hydroxylation is 1. The minimum Gasteiger partial charge on any atom is -0.481 e. The highest BCUT2D eigenvalue weighted by atomic mass is 16.5. The smallest absolute Gasteiger partial charge is 0.265 e. The van der Waals surface area contributed by atoms with Gasteiger partial charge in [-0.1, -0.05) is 37.3 Å². The molecule has 0 aliphatic carbocycles. The largest absolute Gasteiger partial charge is 0.481 e. The molecule has 2 rings (SSSR count). The van der Waals surface area contributed by atoms with E-state index in [2.05, 4.69) is 12.2 Å². The maximum atomic E-state index is 12.1. The number of carbonyl (C=O) groups is 1. The van der Waals surface area contributed by atoms with Crippen LogP contribution in [0.1, 0.15) is 19.4 Å². The molecule has 3 heteroatoms. The average molecular weight is 269 g/mol. The molecule has 1 N–H and O–H groups in total. The quantitative estimate of drug-likeness (QED) is 0.899. The molecular weight excluding hydrogens is 250 g/mol. The van der Waals surface area contributed by atoms with Gasteiger partial charge in [-0.15, -0.1) is 0 Å². The summed E-state index contributed by atoms with van der Waals surface area (Å²) in [4.78, 5) is 12.1. The predicted octanol–water partition coefficient (Wildman–Crippen LogP) is 3.66. The molecule has 0 bridgehead atoms. The predicted molar refractivity (Wildman–Crippen MR) is 81.0 cm³/mol. The van der Waals surface area contributed by atoms with Crippen molar-refractivity contribution in [3.63, 3.8) is 0 Å². The van der Waals surface area contributed by atoms with E-state index in [0.717, 1.165) is 12.1 Å². The van der Waals surface area contributed by atoms with Crippen LogP contribution in [0.4, 0.5) is 5.69 Å². The summed E-state index contributed by atoms with van der Waals surface area (Å²) < 4.78 is 5.59. The number of anilines is 1. The number of ether oxygens (including phenoxy) is 1. The van der Waals surface area contributed by atoms with Crippen molar-refractivity contribution in [2.45, 2.75) is 26.4 Å². The van der Waals surface area contributed by atoms with Gasteiger partial charge in [0.15, 0.2) is 6.10 Å². The molecule has 20 heavy (non-hydrogen) atoms. The first-order chi connectivity index (χ1) is 9.69. The third-order valence-electron chi connectivity index (χ3n) is 3.03. The van der Waals surface area contributed by atoms with Crippen molar-refractivity contribution in [3.05, 3.63) is 60.2 Å². The van der Waals surface area contributed by atoms with Crippen molar-refractivity contribution in [1.29, 1.82) is 0 Å². The molecule has 0 heterocycles. The van der Waals surface area contributed by atoms with Crippen molar-refractivity contribution in [1.82, 2.24) is 0 Å². The Bertz CT molecular complexity index is 566. The van der Waals surface area contributed by atoms with Crippen molar-refractivity contribution in [2.24, 2.45) is 0 Å². The first-order valence-corrected chi connectivity index (χ1v) is 6.80. The minimum absolute atomic E-state index is 0.151. The maximum Gasteiger partial charge on any atom is 0.265 e. The van der Waals surface area contributed by atoms with E-state index in [9.17, 15) is 4.79 Å². The fourth-order valence-electron chi connectivity index (χ4n) is 1.87. The third-order valence-corrected chi connectivity index (χ3v) is 3.03. The molecule has 0 aliphatic heterocycles. The molecule has 3 nitrogen and oxygen atoms in total. The van der Waals surface area contributed by atoms with Gasteiger partial charge in [-0.25, -0.2) is 0 Å². The van der Waals surface area contributed by atoms with Gasteiger partial charge in [0.05, 0.1) is 0 Å². The van der Waals surface area contributed by atoms with Crippen molar-refractivity contribution in [2.75, 3.05) is 5.32 Å². The summed E-state index contributed by atoms with van der Waals surface area (Å²) in [6, 6.07) is 17.2. The molecule has 104 valence electrons. The van der Waals surface area contributed by atoms with E-state index in [1.807, 2.05) is 54.6 Å². The topological polar surface area (TPSA) is 38.3 Å². The first-order valence-electron chi connectivity index (χ1n) is 6.80. The number of hydrogen-bond donors (Lipinski definition) is 1. The Morgan fingerprint density at radius 2 is 1.90 bits per heavy atom. The lowest BCUT2D eigenvalue weighted by Crippen LogP contribution is -2.30. The summed E-state index contributed by atoms with van der Waals surface area (Å²) in [5, 5.41) is 2.87. The summed E-state index contributed by atoms with van der Waals surface area (Å²) >= 11 is 0. The minimum atomic E-state index is -0.539. The summed E-state index contributed by atoms with van der Waals surface area (Å²) in [5.41, 5.74) is 2.00. The average Bonchev–Trinajstić information content (AvgIpc) is 2.48. The second-order valence-corrected chi connectivity index (χ2v) is 4.62. The highest BCUT2D eigenvalue weighted by molar-refractivity contribution is 5.94. The van der Waals surface area contributed by atoms with Crippen LogP contribution in [0.25, 0.3) is 0 Å². The molecular formula is C17H19NO2. The Morgan fingerprint density at radius 1 is 1.15 bits per heavy atom. The summed E-state index contributed by atoms with van der Waals surface area (Å²) in [7, 11) is 0. The number of para-hydroxylation sites is 1. The van der Waals surface area contributed by atoms with Crippen LogP contribution in [0.15, 0.2) is 54.6 Å². The summed E-state index contributed by atoms with van der Waals surface area (Å²) in [6.07, 6.45) is 0.405. The van der Waals surface area contributed by atoms with Gasteiger partial charge in [-0.2, -0.15) is 0 Å². The highest BCUT2D eigenvalue weighted by Crippen LogP contribution is 2.14. The van der Waals surface area contributed by atoms with E-state index in [0.29, 0.717) is 5.75 Å². The number of hydrogen-bond acceptors (Lipinski definition) is 2. The molecule has 0 aliphatic rings. The van der Waals surface area contributed by atoms with Crippen molar-refractivity contribution in [3.8, 4) is 5.75 Å². The monoisotopic (exact) mass is 269 g/mol. The van der Waals surface area contributed by atoms with Crippen LogP contribution < -0.4 is 10.1 Å². The zero-order valence-electron chi connectivity index (χ0n) is 11.8. The van der Waals surface area contributed by atoms with Gasteiger partial charge >= 0.3 is 0 Å². The van der Waals surface area contributed by atoms with Crippen LogP contribution in [0, 0.1) is 0 Å². The van der Waals surface area contributed by atoms with E-state index in [1.54, 1.807) is 6.92 Å². The highest BCUT2D eigenvalue weighted by Gasteiger charge is 2.14. The van der Waals surface area contributed by atoms with Gasteiger partial charge in [-0.05, 0) is 43.2 Å². The van der Waals surface area contributed by atoms with Gasteiger partial charge in [0, 0.05) is 5.69 Å². The number of nitrogens with one attached hydrogen (secondary N) is 1. The third kappa shape index (κ3) is 3.85. The molecule has 1 atom stereocenters. The van der Waals surface area contributed by atoms with Crippen LogP contribution >= 0.6 is 0 Å². The zero-order chi connectivity index (χ0) is 14.4. The van der Waals surface area contributed by atoms with Crippen LogP contribution in [-0.4, -0.2) is 12.0 Å². The van der Waals surface area contributed by atoms with Gasteiger partial charge in [0.1, 0.15) is 5.75 Å². The Kier molecular flexibility index (Phi) is 4.77. The Labute approximate surface area is 119 Å². The van der Waals surface area contributed by atoms with Crippen LogP contribution in [0.5, 0.6) is 5.75 Å². The number of carbonyl (C=O) groups excluding carboxylic acids is 1. The molecule has 0 spiro atoms. The Hall–Kier alpha value is -2.29. The zero-order valence-corrected chi connectivity index (χ0v) is 11.8. The standard InChI is InChI=1S/C17H19NO2/c1-3-14-8-7-9-15(12-14)18-17(19)13(2)20-16-10-5-4-6-11-16/h4-13H,3H2,1-2H3,(H,18,19). The fourth-order valence-corrected chi connectivity index (χ4v) is 1.87. The Morgan fingerprint density at radius 3 is 2.60 bits per heavy atom. The lowest BCUT2D eigenvalue weighted by Gasteiger charge is -2.15. The van der Waals surface area contributed by atoms with E-state index in [-0.39, 0.29) is 5.91 Å². The number of amides is 1. The molecule has 2 aromatic carbocycles. The first kappa shape index (κ1) is 14.1. The molecule has 0 aromatic heterocycles. The van der Waals surface area contributed by atoms with Gasteiger partial charge in [0.2, 0.25) is 0 Å². The van der Waals surface area contributed by atoms with Crippen LogP contribution in [-0.2, 0) is 11.2 Å². The van der Waals surface area contributed by atoms with Gasteiger partial charge < -0.3 is 10.1 Å². The van der Waals surface area contributed by atoms with Crippen molar-refractivity contribution < 1.29 is 9.53 Å².